The van der Waals surface area contributed by atoms with Crippen LogP contribution < -0.4 is 15.6 Å². The number of ether oxygens (including phenoxy) is 1. The Morgan fingerprint density at radius 1 is 1.20 bits per heavy atom. The highest BCUT2D eigenvalue weighted by Gasteiger charge is 2.24. The van der Waals surface area contributed by atoms with E-state index in [1.807, 2.05) is 13.8 Å². The molecule has 1 atom stereocenters. The number of nitrogens with zero attached hydrogens (tertiary/aromatic N) is 1. The van der Waals surface area contributed by atoms with Crippen molar-refractivity contribution < 1.29 is 23.2 Å². The number of aromatic nitrogens is 1. The van der Waals surface area contributed by atoms with E-state index in [4.69, 9.17) is 9.26 Å². The molecule has 25 heavy (non-hydrogen) atoms. The summed E-state index contributed by atoms with van der Waals surface area (Å²) in [4.78, 5) is 24.3. The number of benzene rings is 1. The summed E-state index contributed by atoms with van der Waals surface area (Å²) >= 11 is 0. The van der Waals surface area contributed by atoms with Crippen molar-refractivity contribution in [1.82, 2.24) is 16.0 Å². The molecule has 8 heteroatoms. The van der Waals surface area contributed by atoms with Gasteiger partial charge in [0.25, 0.3) is 11.8 Å². The summed E-state index contributed by atoms with van der Waals surface area (Å²) in [6.07, 6.45) is -1.01. The number of hydrogen-bond donors (Lipinski definition) is 2. The number of halogens is 1. The van der Waals surface area contributed by atoms with Crippen molar-refractivity contribution >= 4 is 11.8 Å². The maximum Gasteiger partial charge on any atom is 0.279 e. The predicted molar refractivity (Wildman–Crippen MR) is 87.4 cm³/mol. The first-order chi connectivity index (χ1) is 11.8. The van der Waals surface area contributed by atoms with E-state index in [-0.39, 0.29) is 17.2 Å². The van der Waals surface area contributed by atoms with E-state index < -0.39 is 23.7 Å². The second kappa shape index (κ2) is 7.78. The number of amides is 2. The molecule has 2 amide bonds. The number of hydrogen-bond acceptors (Lipinski definition) is 5. The lowest BCUT2D eigenvalue weighted by Crippen LogP contribution is -2.47. The number of rotatable bonds is 5. The quantitative estimate of drug-likeness (QED) is 0.809. The van der Waals surface area contributed by atoms with Gasteiger partial charge in [-0.1, -0.05) is 31.1 Å². The van der Waals surface area contributed by atoms with Crippen LogP contribution in [0.1, 0.15) is 48.5 Å². The lowest BCUT2D eigenvalue weighted by Gasteiger charge is -2.15. The summed E-state index contributed by atoms with van der Waals surface area (Å²) in [6.45, 7) is 6.80. The molecular weight excluding hydrogens is 329 g/mol. The fraction of sp³-hybridized carbons (Fsp3) is 0.353. The highest BCUT2D eigenvalue weighted by molar-refractivity contribution is 5.97. The summed E-state index contributed by atoms with van der Waals surface area (Å²) in [5, 5.41) is 3.77. The topological polar surface area (TPSA) is 93.5 Å². The third kappa shape index (κ3) is 4.34. The fourth-order valence-corrected chi connectivity index (χ4v) is 2.12. The van der Waals surface area contributed by atoms with Crippen LogP contribution in [-0.2, 0) is 4.79 Å². The van der Waals surface area contributed by atoms with E-state index in [1.54, 1.807) is 13.0 Å². The van der Waals surface area contributed by atoms with Crippen LogP contribution in [-0.4, -0.2) is 23.1 Å². The van der Waals surface area contributed by atoms with E-state index in [1.165, 1.54) is 25.1 Å². The lowest BCUT2D eigenvalue weighted by atomic mass is 10.1. The molecule has 0 aliphatic carbocycles. The molecule has 0 fully saturated rings. The normalized spacial score (nSPS) is 11.9. The SMILES string of the molecule is Cc1noc(C(C)C)c1C(=O)NNC(=O)[C@@H](C)Oc1ccccc1F. The average Bonchev–Trinajstić information content (AvgIpc) is 2.96. The molecule has 1 heterocycles. The fourth-order valence-electron chi connectivity index (χ4n) is 2.12. The molecule has 0 saturated carbocycles. The van der Waals surface area contributed by atoms with Crippen LogP contribution in [0, 0.1) is 12.7 Å². The minimum absolute atomic E-state index is 0.0408. The minimum Gasteiger partial charge on any atom is -0.478 e. The van der Waals surface area contributed by atoms with Gasteiger partial charge in [0, 0.05) is 5.92 Å². The Morgan fingerprint density at radius 3 is 2.52 bits per heavy atom. The molecule has 0 spiro atoms. The van der Waals surface area contributed by atoms with Crippen molar-refractivity contribution in [2.45, 2.75) is 39.7 Å². The molecule has 0 unspecified atom stereocenters. The zero-order valence-electron chi connectivity index (χ0n) is 14.4. The van der Waals surface area contributed by atoms with Gasteiger partial charge < -0.3 is 9.26 Å². The maximum absolute atomic E-state index is 13.5. The van der Waals surface area contributed by atoms with Crippen molar-refractivity contribution in [3.63, 3.8) is 0 Å². The highest BCUT2D eigenvalue weighted by Crippen LogP contribution is 2.22. The van der Waals surface area contributed by atoms with Gasteiger partial charge in [0.1, 0.15) is 5.56 Å². The number of carbonyl (C=O) groups excluding carboxylic acids is 2. The van der Waals surface area contributed by atoms with Crippen molar-refractivity contribution in [1.29, 1.82) is 0 Å². The van der Waals surface area contributed by atoms with Gasteiger partial charge in [-0.25, -0.2) is 4.39 Å². The molecule has 0 saturated heterocycles. The maximum atomic E-state index is 13.5. The monoisotopic (exact) mass is 349 g/mol. The van der Waals surface area contributed by atoms with Crippen molar-refractivity contribution in [3.05, 3.63) is 47.1 Å². The van der Waals surface area contributed by atoms with E-state index in [9.17, 15) is 14.0 Å². The van der Waals surface area contributed by atoms with Crippen LogP contribution in [0.3, 0.4) is 0 Å². The first-order valence-electron chi connectivity index (χ1n) is 7.78. The Balaban J connectivity index is 1.97. The van der Waals surface area contributed by atoms with Crippen LogP contribution in [0.2, 0.25) is 0 Å². The summed E-state index contributed by atoms with van der Waals surface area (Å²) in [5.74, 6) is -1.41. The van der Waals surface area contributed by atoms with Crippen LogP contribution in [0.5, 0.6) is 5.75 Å². The summed E-state index contributed by atoms with van der Waals surface area (Å²) < 4.78 is 23.9. The summed E-state index contributed by atoms with van der Waals surface area (Å²) in [5.41, 5.74) is 5.24. The molecule has 2 aromatic rings. The van der Waals surface area contributed by atoms with Gasteiger partial charge in [-0.2, -0.15) is 0 Å². The highest BCUT2D eigenvalue weighted by atomic mass is 19.1. The van der Waals surface area contributed by atoms with Gasteiger partial charge >= 0.3 is 0 Å². The standard InChI is InChI=1S/C17H20FN3O4/c1-9(2)15-14(10(3)21-25-15)17(23)20-19-16(22)11(4)24-13-8-6-5-7-12(13)18/h5-9,11H,1-4H3,(H,19,22)(H,20,23)/t11-/m1/s1. The Kier molecular flexibility index (Phi) is 5.74. The summed E-state index contributed by atoms with van der Waals surface area (Å²) in [6, 6.07) is 5.74. The van der Waals surface area contributed by atoms with Gasteiger partial charge in [0.2, 0.25) is 0 Å². The molecule has 0 radical (unpaired) electrons. The van der Waals surface area contributed by atoms with Crippen LogP contribution in [0.15, 0.2) is 28.8 Å². The van der Waals surface area contributed by atoms with E-state index in [0.717, 1.165) is 0 Å². The minimum atomic E-state index is -1.01. The van der Waals surface area contributed by atoms with Gasteiger partial charge in [-0.05, 0) is 26.0 Å². The Morgan fingerprint density at radius 2 is 1.88 bits per heavy atom. The van der Waals surface area contributed by atoms with Crippen molar-refractivity contribution in [2.75, 3.05) is 0 Å². The molecule has 0 aliphatic rings. The molecule has 0 aliphatic heterocycles. The van der Waals surface area contributed by atoms with Crippen LogP contribution in [0.4, 0.5) is 4.39 Å². The number of para-hydroxylation sites is 1. The van der Waals surface area contributed by atoms with Crippen LogP contribution in [0.25, 0.3) is 0 Å². The van der Waals surface area contributed by atoms with Gasteiger partial charge in [0.15, 0.2) is 23.4 Å². The molecule has 0 bridgehead atoms. The number of hydrazine groups is 1. The number of aryl methyl sites for hydroxylation is 1. The van der Waals surface area contributed by atoms with E-state index in [0.29, 0.717) is 11.5 Å². The zero-order valence-corrected chi connectivity index (χ0v) is 14.4. The number of nitrogens with one attached hydrogen (secondary N) is 2. The third-order valence-corrected chi connectivity index (χ3v) is 3.45. The van der Waals surface area contributed by atoms with E-state index in [2.05, 4.69) is 16.0 Å². The molecule has 7 nitrogen and oxygen atoms in total. The first kappa shape index (κ1) is 18.4. The van der Waals surface area contributed by atoms with Crippen molar-refractivity contribution in [2.24, 2.45) is 0 Å². The largest absolute Gasteiger partial charge is 0.478 e. The van der Waals surface area contributed by atoms with Gasteiger partial charge in [-0.15, -0.1) is 0 Å². The Bertz CT molecular complexity index is 773. The van der Waals surface area contributed by atoms with Crippen LogP contribution >= 0.6 is 0 Å². The van der Waals surface area contributed by atoms with Gasteiger partial charge in [0.05, 0.1) is 5.69 Å². The van der Waals surface area contributed by atoms with Gasteiger partial charge in [-0.3, -0.25) is 20.4 Å². The third-order valence-electron chi connectivity index (χ3n) is 3.45. The molecule has 1 aromatic heterocycles. The summed E-state index contributed by atoms with van der Waals surface area (Å²) in [7, 11) is 0. The Labute approximate surface area is 144 Å². The van der Waals surface area contributed by atoms with Crippen molar-refractivity contribution in [3.8, 4) is 5.75 Å². The molecule has 2 rings (SSSR count). The smallest absolute Gasteiger partial charge is 0.279 e. The van der Waals surface area contributed by atoms with E-state index >= 15 is 0 Å². The second-order valence-electron chi connectivity index (χ2n) is 5.80. The average molecular weight is 349 g/mol. The second-order valence-corrected chi connectivity index (χ2v) is 5.80. The molecule has 134 valence electrons. The number of carbonyl (C=O) groups is 2. The molecule has 1 aromatic carbocycles. The molecule has 2 N–H and O–H groups in total. The Hall–Kier alpha value is -2.90. The zero-order chi connectivity index (χ0) is 18.6. The first-order valence-corrected chi connectivity index (χ1v) is 7.78. The molecular formula is C17H20FN3O4. The lowest BCUT2D eigenvalue weighted by molar-refractivity contribution is -0.128. The predicted octanol–water partition coefficient (Wildman–Crippen LogP) is 2.47.